The van der Waals surface area contributed by atoms with E-state index in [1.165, 1.54) is 0 Å². The maximum Gasteiger partial charge on any atom is 0.221 e. The topological polar surface area (TPSA) is 29.1 Å². The van der Waals surface area contributed by atoms with E-state index in [2.05, 4.69) is 5.32 Å². The molecule has 0 aromatic heterocycles. The third-order valence-electron chi connectivity index (χ3n) is 0.447. The minimum Gasteiger partial charge on any atom is -0.323 e. The van der Waals surface area contributed by atoms with E-state index in [1.54, 1.807) is 0 Å². The first-order valence-corrected chi connectivity index (χ1v) is 3.33. The van der Waals surface area contributed by atoms with Crippen LogP contribution in [-0.4, -0.2) is 19.3 Å². The third kappa shape index (κ3) is 41.4. The Labute approximate surface area is 73.7 Å². The highest BCUT2D eigenvalue weighted by molar-refractivity contribution is 6.63. The molecule has 2 nitrogen and oxygen atoms in total. The van der Waals surface area contributed by atoms with Gasteiger partial charge in [0.15, 0.2) is 0 Å². The van der Waals surface area contributed by atoms with E-state index in [1.807, 2.05) is 21.0 Å². The van der Waals surface area contributed by atoms with Gasteiger partial charge in [-0.25, -0.2) is 0 Å². The predicted octanol–water partition coefficient (Wildman–Crippen LogP) is 1.81. The lowest BCUT2D eigenvalue weighted by Gasteiger charge is -1.77. The molecule has 0 saturated heterocycles. The van der Waals surface area contributed by atoms with Crippen molar-refractivity contribution in [3.8, 4) is 0 Å². The van der Waals surface area contributed by atoms with Crippen LogP contribution in [0.2, 0.25) is 0 Å². The lowest BCUT2D eigenvalue weighted by Crippen LogP contribution is -1.89. The quantitative estimate of drug-likeness (QED) is 0.669. The van der Waals surface area contributed by atoms with Crippen molar-refractivity contribution >= 4 is 29.3 Å². The number of rotatable bonds is 2. The van der Waals surface area contributed by atoms with Gasteiger partial charge in [-0.05, 0) is 32.1 Å². The maximum absolute atomic E-state index is 9.81. The van der Waals surface area contributed by atoms with Crippen LogP contribution >= 0.6 is 24.0 Å². The molecule has 64 valence electrons. The van der Waals surface area contributed by atoms with Crippen molar-refractivity contribution in [2.45, 2.75) is 19.8 Å². The van der Waals surface area contributed by atoms with Crippen molar-refractivity contribution in [1.29, 1.82) is 0 Å². The Morgan fingerprint density at radius 1 is 1.50 bits per heavy atom. The molecule has 0 heterocycles. The van der Waals surface area contributed by atoms with Gasteiger partial charge in [0.1, 0.15) is 0 Å². The first-order chi connectivity index (χ1) is 4.18. The molecule has 0 radical (unpaired) electrons. The van der Waals surface area contributed by atoms with Crippen molar-refractivity contribution in [3.63, 3.8) is 0 Å². The van der Waals surface area contributed by atoms with Crippen LogP contribution in [0.4, 0.5) is 0 Å². The molecule has 0 aliphatic rings. The molecule has 10 heavy (non-hydrogen) atoms. The highest BCUT2D eigenvalue weighted by Gasteiger charge is 1.87. The van der Waals surface area contributed by atoms with Gasteiger partial charge < -0.3 is 5.32 Å². The molecule has 0 aliphatic carbocycles. The predicted molar refractivity (Wildman–Crippen MR) is 48.0 cm³/mol. The normalized spacial score (nSPS) is 6.80. The fourth-order valence-corrected chi connectivity index (χ4v) is 0.386. The number of nitrogens with one attached hydrogen (secondary N) is 1. The van der Waals surface area contributed by atoms with Gasteiger partial charge in [-0.15, -0.1) is 12.4 Å². The number of halogens is 2. The molecular weight excluding hydrogens is 173 g/mol. The Morgan fingerprint density at radius 2 is 1.80 bits per heavy atom. The van der Waals surface area contributed by atoms with E-state index >= 15 is 0 Å². The van der Waals surface area contributed by atoms with Crippen molar-refractivity contribution in [2.24, 2.45) is 0 Å². The second-order valence-electron chi connectivity index (χ2n) is 1.61. The summed E-state index contributed by atoms with van der Waals surface area (Å²) < 4.78 is 0. The summed E-state index contributed by atoms with van der Waals surface area (Å²) in [5.41, 5.74) is 0. The Morgan fingerprint density at radius 3 is 1.80 bits per heavy atom. The average Bonchev–Trinajstić information content (AvgIpc) is 1.67. The second-order valence-corrected chi connectivity index (χ2v) is 2.03. The van der Waals surface area contributed by atoms with Gasteiger partial charge in [0.2, 0.25) is 5.24 Å². The molecule has 0 aromatic rings. The smallest absolute Gasteiger partial charge is 0.221 e. The van der Waals surface area contributed by atoms with Crippen LogP contribution in [0.3, 0.4) is 0 Å². The van der Waals surface area contributed by atoms with E-state index in [9.17, 15) is 4.79 Å². The van der Waals surface area contributed by atoms with Crippen LogP contribution in [0, 0.1) is 0 Å². The fraction of sp³-hybridized carbons (Fsp3) is 0.833. The van der Waals surface area contributed by atoms with Crippen LogP contribution in [0.1, 0.15) is 19.8 Å². The highest BCUT2D eigenvalue weighted by Crippen LogP contribution is 1.90. The molecule has 0 fully saturated rings. The minimum absolute atomic E-state index is 0. The number of hydrogen-bond donors (Lipinski definition) is 1. The summed E-state index contributed by atoms with van der Waals surface area (Å²) in [4.78, 5) is 9.81. The first-order valence-electron chi connectivity index (χ1n) is 2.95. The molecule has 1 N–H and O–H groups in total. The summed E-state index contributed by atoms with van der Waals surface area (Å²) in [6.07, 6.45) is 1.35. The van der Waals surface area contributed by atoms with Gasteiger partial charge in [-0.1, -0.05) is 6.92 Å². The SMILES string of the molecule is CCCC(=O)Cl.CNC.Cl. The summed E-state index contributed by atoms with van der Waals surface area (Å²) in [6, 6.07) is 0. The van der Waals surface area contributed by atoms with E-state index in [0.29, 0.717) is 6.42 Å². The van der Waals surface area contributed by atoms with Crippen LogP contribution in [0.5, 0.6) is 0 Å². The molecule has 0 spiro atoms. The molecule has 0 bridgehead atoms. The van der Waals surface area contributed by atoms with Crippen LogP contribution in [-0.2, 0) is 4.79 Å². The van der Waals surface area contributed by atoms with Crippen LogP contribution in [0.25, 0.3) is 0 Å². The number of carbonyl (C=O) groups excluding carboxylic acids is 1. The molecule has 0 aromatic carbocycles. The molecule has 0 unspecified atom stereocenters. The minimum atomic E-state index is -0.238. The van der Waals surface area contributed by atoms with Gasteiger partial charge in [0, 0.05) is 6.42 Å². The number of carbonyl (C=O) groups is 1. The van der Waals surface area contributed by atoms with Gasteiger partial charge in [-0.3, -0.25) is 4.79 Å². The molecule has 0 amide bonds. The van der Waals surface area contributed by atoms with Crippen molar-refractivity contribution in [1.82, 2.24) is 5.32 Å². The lowest BCUT2D eigenvalue weighted by molar-refractivity contribution is -0.111. The van der Waals surface area contributed by atoms with Crippen LogP contribution < -0.4 is 5.32 Å². The Bertz CT molecular complexity index is 68.8. The summed E-state index contributed by atoms with van der Waals surface area (Å²) in [6.45, 7) is 1.92. The second kappa shape index (κ2) is 16.1. The average molecular weight is 188 g/mol. The molecule has 0 rings (SSSR count). The largest absolute Gasteiger partial charge is 0.323 e. The monoisotopic (exact) mass is 187 g/mol. The number of hydrogen-bond acceptors (Lipinski definition) is 2. The van der Waals surface area contributed by atoms with Gasteiger partial charge in [0.05, 0.1) is 0 Å². The zero-order chi connectivity index (χ0) is 7.70. The zero-order valence-corrected chi connectivity index (χ0v) is 8.18. The maximum atomic E-state index is 9.81. The van der Waals surface area contributed by atoms with E-state index in [-0.39, 0.29) is 17.6 Å². The van der Waals surface area contributed by atoms with E-state index in [4.69, 9.17) is 11.6 Å². The Kier molecular flexibility index (Phi) is 26.8. The van der Waals surface area contributed by atoms with Crippen molar-refractivity contribution in [2.75, 3.05) is 14.1 Å². The fourth-order valence-electron chi connectivity index (χ4n) is 0.197. The molecule has 0 saturated carbocycles. The standard InChI is InChI=1S/C4H7ClO.C2H7N.ClH/c1-2-3-4(5)6;1-3-2;/h2-3H2,1H3;3H,1-2H3;1H. The molecular formula is C6H15Cl2NO. The van der Waals surface area contributed by atoms with Gasteiger partial charge in [-0.2, -0.15) is 0 Å². The van der Waals surface area contributed by atoms with Crippen molar-refractivity contribution < 1.29 is 4.79 Å². The Hall–Kier alpha value is 0.210. The Balaban J connectivity index is -0.000000107. The molecule has 0 aliphatic heterocycles. The lowest BCUT2D eigenvalue weighted by atomic mass is 10.4. The van der Waals surface area contributed by atoms with Crippen molar-refractivity contribution in [3.05, 3.63) is 0 Å². The van der Waals surface area contributed by atoms with E-state index < -0.39 is 0 Å². The van der Waals surface area contributed by atoms with Gasteiger partial charge in [0.25, 0.3) is 0 Å². The summed E-state index contributed by atoms with van der Waals surface area (Å²) >= 11 is 4.94. The molecule has 0 atom stereocenters. The van der Waals surface area contributed by atoms with E-state index in [0.717, 1.165) is 6.42 Å². The first kappa shape index (κ1) is 16.7. The zero-order valence-electron chi connectivity index (χ0n) is 6.61. The van der Waals surface area contributed by atoms with Gasteiger partial charge >= 0.3 is 0 Å². The summed E-state index contributed by atoms with van der Waals surface area (Å²) in [7, 11) is 3.75. The summed E-state index contributed by atoms with van der Waals surface area (Å²) in [5, 5.41) is 2.51. The summed E-state index contributed by atoms with van der Waals surface area (Å²) in [5.74, 6) is 0. The van der Waals surface area contributed by atoms with Crippen LogP contribution in [0.15, 0.2) is 0 Å². The molecule has 4 heteroatoms. The highest BCUT2D eigenvalue weighted by atomic mass is 35.5. The third-order valence-corrected chi connectivity index (χ3v) is 0.636.